The van der Waals surface area contributed by atoms with Gasteiger partial charge in [-0.3, -0.25) is 9.59 Å². The van der Waals surface area contributed by atoms with Crippen LogP contribution in [0.2, 0.25) is 0 Å². The zero-order valence-corrected chi connectivity index (χ0v) is 14.3. The first kappa shape index (κ1) is 17.2. The van der Waals surface area contributed by atoms with E-state index >= 15 is 0 Å². The van der Waals surface area contributed by atoms with Gasteiger partial charge in [-0.15, -0.1) is 0 Å². The van der Waals surface area contributed by atoms with Crippen molar-refractivity contribution in [3.8, 4) is 0 Å². The van der Waals surface area contributed by atoms with Gasteiger partial charge in [-0.25, -0.2) is 4.98 Å². The number of para-hydroxylation sites is 2. The molecule has 0 aliphatic carbocycles. The van der Waals surface area contributed by atoms with Gasteiger partial charge >= 0.3 is 0 Å². The molecular formula is C18H25N3O2. The number of fused-ring (bicyclic) bond motifs is 1. The standard InChI is InChI=1S/C18H25N3O2/c1-12(2)18(23)19-11-7-10-17-20-15-8-5-6-9-16(15)21(17)13(3)14(4)22/h5-6,8-9,12-13H,7,10-11H2,1-4H3,(H,19,23). The van der Waals surface area contributed by atoms with Crippen LogP contribution in [0.1, 0.15) is 46.0 Å². The summed E-state index contributed by atoms with van der Waals surface area (Å²) in [5.41, 5.74) is 1.89. The molecule has 0 aliphatic rings. The fourth-order valence-corrected chi connectivity index (χ4v) is 2.55. The largest absolute Gasteiger partial charge is 0.356 e. The number of amides is 1. The van der Waals surface area contributed by atoms with Gasteiger partial charge in [0.2, 0.25) is 5.91 Å². The third-order valence-corrected chi connectivity index (χ3v) is 4.05. The van der Waals surface area contributed by atoms with Crippen LogP contribution in [0.5, 0.6) is 0 Å². The van der Waals surface area contributed by atoms with Crippen molar-refractivity contribution >= 4 is 22.7 Å². The van der Waals surface area contributed by atoms with Crippen molar-refractivity contribution in [2.24, 2.45) is 5.92 Å². The molecule has 1 amide bonds. The van der Waals surface area contributed by atoms with E-state index in [1.807, 2.05) is 49.6 Å². The Morgan fingerprint density at radius 3 is 2.57 bits per heavy atom. The highest BCUT2D eigenvalue weighted by atomic mass is 16.1. The highest BCUT2D eigenvalue weighted by molar-refractivity contribution is 5.83. The van der Waals surface area contributed by atoms with Crippen molar-refractivity contribution in [2.75, 3.05) is 6.54 Å². The summed E-state index contributed by atoms with van der Waals surface area (Å²) in [4.78, 5) is 28.1. The van der Waals surface area contributed by atoms with Crippen molar-refractivity contribution in [3.05, 3.63) is 30.1 Å². The second-order valence-electron chi connectivity index (χ2n) is 6.22. The van der Waals surface area contributed by atoms with Gasteiger partial charge in [0.1, 0.15) is 5.82 Å². The average molecular weight is 315 g/mol. The van der Waals surface area contributed by atoms with Gasteiger partial charge in [0.15, 0.2) is 5.78 Å². The number of aromatic nitrogens is 2. The number of aryl methyl sites for hydroxylation is 1. The molecule has 1 atom stereocenters. The van der Waals surface area contributed by atoms with Crippen molar-refractivity contribution in [2.45, 2.75) is 46.6 Å². The number of rotatable bonds is 7. The molecule has 23 heavy (non-hydrogen) atoms. The van der Waals surface area contributed by atoms with Gasteiger partial charge in [0, 0.05) is 18.9 Å². The SMILES string of the molecule is CC(=O)C(C)n1c(CCCNC(=O)C(C)C)nc2ccccc21. The maximum absolute atomic E-state index is 11.8. The Bertz CT molecular complexity index is 703. The molecule has 0 fully saturated rings. The summed E-state index contributed by atoms with van der Waals surface area (Å²) in [6, 6.07) is 7.63. The minimum Gasteiger partial charge on any atom is -0.356 e. The quantitative estimate of drug-likeness (QED) is 0.799. The number of hydrogen-bond donors (Lipinski definition) is 1. The fraction of sp³-hybridized carbons (Fsp3) is 0.500. The van der Waals surface area contributed by atoms with Gasteiger partial charge in [0.25, 0.3) is 0 Å². The molecule has 0 radical (unpaired) electrons. The van der Waals surface area contributed by atoms with Crippen LogP contribution in [0.4, 0.5) is 0 Å². The molecule has 2 rings (SSSR count). The highest BCUT2D eigenvalue weighted by Crippen LogP contribution is 2.22. The molecule has 1 heterocycles. The molecule has 1 aromatic carbocycles. The van der Waals surface area contributed by atoms with E-state index in [2.05, 4.69) is 10.3 Å². The molecule has 0 saturated heterocycles. The maximum atomic E-state index is 11.8. The first-order chi connectivity index (χ1) is 10.9. The fourth-order valence-electron chi connectivity index (χ4n) is 2.55. The lowest BCUT2D eigenvalue weighted by atomic mass is 10.2. The number of Topliss-reactive ketones (excluding diaryl/α,β-unsaturated/α-hetero) is 1. The lowest BCUT2D eigenvalue weighted by Crippen LogP contribution is -2.29. The zero-order valence-electron chi connectivity index (χ0n) is 14.3. The van der Waals surface area contributed by atoms with Crippen LogP contribution in [0.3, 0.4) is 0 Å². The van der Waals surface area contributed by atoms with Crippen molar-refractivity contribution < 1.29 is 9.59 Å². The minimum atomic E-state index is -0.234. The molecular weight excluding hydrogens is 290 g/mol. The Kier molecular flexibility index (Phi) is 5.53. The molecule has 5 nitrogen and oxygen atoms in total. The monoisotopic (exact) mass is 315 g/mol. The van der Waals surface area contributed by atoms with Gasteiger partial charge < -0.3 is 9.88 Å². The van der Waals surface area contributed by atoms with Crippen LogP contribution >= 0.6 is 0 Å². The molecule has 124 valence electrons. The van der Waals surface area contributed by atoms with E-state index in [4.69, 9.17) is 0 Å². The third-order valence-electron chi connectivity index (χ3n) is 4.05. The smallest absolute Gasteiger partial charge is 0.222 e. The Balaban J connectivity index is 2.15. The Morgan fingerprint density at radius 1 is 1.22 bits per heavy atom. The van der Waals surface area contributed by atoms with E-state index in [-0.39, 0.29) is 23.7 Å². The van der Waals surface area contributed by atoms with Crippen LogP contribution < -0.4 is 5.32 Å². The van der Waals surface area contributed by atoms with Gasteiger partial charge in [-0.05, 0) is 32.4 Å². The number of carbonyl (C=O) groups excluding carboxylic acids is 2. The summed E-state index contributed by atoms with van der Waals surface area (Å²) in [7, 11) is 0. The summed E-state index contributed by atoms with van der Waals surface area (Å²) in [5.74, 6) is 1.07. The van der Waals surface area contributed by atoms with E-state index in [1.165, 1.54) is 0 Å². The van der Waals surface area contributed by atoms with Crippen LogP contribution in [-0.2, 0) is 16.0 Å². The molecule has 1 unspecified atom stereocenters. The first-order valence-corrected chi connectivity index (χ1v) is 8.15. The minimum absolute atomic E-state index is 0.00249. The summed E-state index contributed by atoms with van der Waals surface area (Å²) < 4.78 is 2.02. The van der Waals surface area contributed by atoms with E-state index in [0.29, 0.717) is 6.54 Å². The predicted octanol–water partition coefficient (Wildman–Crippen LogP) is 2.89. The maximum Gasteiger partial charge on any atom is 0.222 e. The van der Waals surface area contributed by atoms with Gasteiger partial charge in [-0.2, -0.15) is 0 Å². The molecule has 0 saturated carbocycles. The topological polar surface area (TPSA) is 64.0 Å². The predicted molar refractivity (Wildman–Crippen MR) is 91.3 cm³/mol. The van der Waals surface area contributed by atoms with Crippen molar-refractivity contribution in [3.63, 3.8) is 0 Å². The molecule has 0 spiro atoms. The average Bonchev–Trinajstić information content (AvgIpc) is 2.88. The second-order valence-corrected chi connectivity index (χ2v) is 6.22. The Labute approximate surface area is 137 Å². The third kappa shape index (κ3) is 3.97. The summed E-state index contributed by atoms with van der Waals surface area (Å²) in [5, 5.41) is 2.91. The second kappa shape index (κ2) is 7.40. The van der Waals surface area contributed by atoms with Crippen LogP contribution in [0.25, 0.3) is 11.0 Å². The van der Waals surface area contributed by atoms with E-state index < -0.39 is 0 Å². The van der Waals surface area contributed by atoms with Crippen molar-refractivity contribution in [1.82, 2.24) is 14.9 Å². The number of nitrogens with one attached hydrogen (secondary N) is 1. The number of nitrogens with zero attached hydrogens (tertiary/aromatic N) is 2. The van der Waals surface area contributed by atoms with Gasteiger partial charge in [-0.1, -0.05) is 26.0 Å². The summed E-state index contributed by atoms with van der Waals surface area (Å²) >= 11 is 0. The van der Waals surface area contributed by atoms with Gasteiger partial charge in [0.05, 0.1) is 17.1 Å². The van der Waals surface area contributed by atoms with Crippen LogP contribution in [-0.4, -0.2) is 27.8 Å². The number of imidazole rings is 1. The first-order valence-electron chi connectivity index (χ1n) is 8.15. The molecule has 0 bridgehead atoms. The van der Waals surface area contributed by atoms with E-state index in [0.717, 1.165) is 29.7 Å². The number of carbonyl (C=O) groups is 2. The van der Waals surface area contributed by atoms with Crippen molar-refractivity contribution in [1.29, 1.82) is 0 Å². The molecule has 0 aliphatic heterocycles. The molecule has 1 aromatic heterocycles. The number of ketones is 1. The Morgan fingerprint density at radius 2 is 1.91 bits per heavy atom. The molecule has 2 aromatic rings. The number of benzene rings is 1. The summed E-state index contributed by atoms with van der Waals surface area (Å²) in [6.45, 7) is 7.88. The molecule has 5 heteroatoms. The highest BCUT2D eigenvalue weighted by Gasteiger charge is 2.18. The van der Waals surface area contributed by atoms with E-state index in [1.54, 1.807) is 6.92 Å². The molecule has 1 N–H and O–H groups in total. The number of hydrogen-bond acceptors (Lipinski definition) is 3. The zero-order chi connectivity index (χ0) is 17.0. The lowest BCUT2D eigenvalue weighted by Gasteiger charge is -2.15. The van der Waals surface area contributed by atoms with E-state index in [9.17, 15) is 9.59 Å². The Hall–Kier alpha value is -2.17. The van der Waals surface area contributed by atoms with Crippen LogP contribution in [0.15, 0.2) is 24.3 Å². The van der Waals surface area contributed by atoms with Crippen LogP contribution in [0, 0.1) is 5.92 Å². The normalized spacial score (nSPS) is 12.6. The summed E-state index contributed by atoms with van der Waals surface area (Å²) in [6.07, 6.45) is 1.52. The lowest BCUT2D eigenvalue weighted by molar-refractivity contribution is -0.124.